The van der Waals surface area contributed by atoms with Crippen LogP contribution in [0.1, 0.15) is 11.1 Å². The minimum absolute atomic E-state index is 0.0287. The van der Waals surface area contributed by atoms with Crippen LogP contribution in [0.15, 0.2) is 36.4 Å². The highest BCUT2D eigenvalue weighted by atomic mass is 35.5. The number of amides is 1. The smallest absolute Gasteiger partial charge is 0.385 e. The van der Waals surface area contributed by atoms with Crippen LogP contribution in [0.3, 0.4) is 0 Å². The van der Waals surface area contributed by atoms with Crippen LogP contribution in [0, 0.1) is 11.3 Å². The van der Waals surface area contributed by atoms with Crippen LogP contribution in [0.25, 0.3) is 11.0 Å². The van der Waals surface area contributed by atoms with Crippen molar-refractivity contribution in [3.05, 3.63) is 52.5 Å². The predicted octanol–water partition coefficient (Wildman–Crippen LogP) is 3.04. The second-order valence-corrected chi connectivity index (χ2v) is 5.70. The highest BCUT2D eigenvalue weighted by Gasteiger charge is 2.31. The van der Waals surface area contributed by atoms with E-state index in [2.05, 4.69) is 15.6 Å². The second kappa shape index (κ2) is 7.13. The molecule has 7 nitrogen and oxygen atoms in total. The third kappa shape index (κ3) is 4.09. The van der Waals surface area contributed by atoms with Gasteiger partial charge in [0, 0.05) is 5.69 Å². The summed E-state index contributed by atoms with van der Waals surface area (Å²) in [6.07, 6.45) is -4.53. The van der Waals surface area contributed by atoms with Crippen molar-refractivity contribution < 1.29 is 22.8 Å². The van der Waals surface area contributed by atoms with E-state index in [4.69, 9.17) is 21.7 Å². The van der Waals surface area contributed by atoms with Gasteiger partial charge in [-0.05, 0) is 41.6 Å². The number of carbonyl (C=O) groups excluding carboxylic acids is 1. The standard InChI is InChI=1S/C16H9ClF3N5O2/c17-12-6-11(3-1-9(12)7-21)22-15(26)8-27-25-14-5-10(16(18,19)20)2-4-13(14)23-24-25/h1-6H,8H2,(H,22,26). The van der Waals surface area contributed by atoms with Crippen LogP contribution in [0.2, 0.25) is 5.02 Å². The van der Waals surface area contributed by atoms with E-state index in [0.29, 0.717) is 5.69 Å². The van der Waals surface area contributed by atoms with Crippen molar-refractivity contribution >= 4 is 34.2 Å². The molecule has 0 radical (unpaired) electrons. The van der Waals surface area contributed by atoms with E-state index in [1.165, 1.54) is 18.2 Å². The number of nitrogens with zero attached hydrogens (tertiary/aromatic N) is 4. The molecule has 0 saturated heterocycles. The average molecular weight is 396 g/mol. The molecule has 1 aromatic heterocycles. The summed E-state index contributed by atoms with van der Waals surface area (Å²) in [6.45, 7) is -0.535. The molecule has 1 amide bonds. The number of anilines is 1. The molecule has 2 aromatic carbocycles. The Morgan fingerprint density at radius 1 is 1.30 bits per heavy atom. The molecule has 0 aliphatic carbocycles. The number of nitrogens with one attached hydrogen (secondary N) is 1. The van der Waals surface area contributed by atoms with Crippen molar-refractivity contribution in [3.63, 3.8) is 0 Å². The number of fused-ring (bicyclic) bond motifs is 1. The zero-order valence-corrected chi connectivity index (χ0v) is 14.0. The van der Waals surface area contributed by atoms with E-state index >= 15 is 0 Å². The van der Waals surface area contributed by atoms with E-state index in [1.54, 1.807) is 0 Å². The average Bonchev–Trinajstić information content (AvgIpc) is 3.02. The Morgan fingerprint density at radius 2 is 2.07 bits per heavy atom. The maximum absolute atomic E-state index is 12.8. The Kier molecular flexibility index (Phi) is 4.87. The Morgan fingerprint density at radius 3 is 2.74 bits per heavy atom. The lowest BCUT2D eigenvalue weighted by molar-refractivity contribution is -0.137. The molecule has 0 aliphatic heterocycles. The topological polar surface area (TPSA) is 92.8 Å². The Labute approximate surface area is 154 Å². The molecule has 0 bridgehead atoms. The van der Waals surface area contributed by atoms with Gasteiger partial charge in [-0.15, -0.1) is 5.10 Å². The third-order valence-corrected chi connectivity index (χ3v) is 3.75. The lowest BCUT2D eigenvalue weighted by Crippen LogP contribution is -2.26. The summed E-state index contributed by atoms with van der Waals surface area (Å²) in [7, 11) is 0. The molecule has 0 spiro atoms. The summed E-state index contributed by atoms with van der Waals surface area (Å²) in [4.78, 5) is 17.8. The fourth-order valence-corrected chi connectivity index (χ4v) is 2.39. The van der Waals surface area contributed by atoms with Gasteiger partial charge in [0.2, 0.25) is 0 Å². The zero-order valence-electron chi connectivity index (χ0n) is 13.3. The number of hydrogen-bond donors (Lipinski definition) is 1. The fourth-order valence-electron chi connectivity index (χ4n) is 2.17. The first-order valence-electron chi connectivity index (χ1n) is 7.33. The summed E-state index contributed by atoms with van der Waals surface area (Å²) >= 11 is 5.87. The molecule has 0 fully saturated rings. The van der Waals surface area contributed by atoms with E-state index in [0.717, 1.165) is 23.0 Å². The van der Waals surface area contributed by atoms with E-state index < -0.39 is 24.3 Å². The molecule has 11 heteroatoms. The summed E-state index contributed by atoms with van der Waals surface area (Å²) in [5.74, 6) is -0.605. The van der Waals surface area contributed by atoms with Crippen LogP contribution in [0.5, 0.6) is 0 Å². The van der Waals surface area contributed by atoms with E-state index in [9.17, 15) is 18.0 Å². The number of carbonyl (C=O) groups is 1. The number of alkyl halides is 3. The van der Waals surface area contributed by atoms with Gasteiger partial charge in [-0.3, -0.25) is 4.79 Å². The first kappa shape index (κ1) is 18.5. The maximum Gasteiger partial charge on any atom is 0.416 e. The van der Waals surface area contributed by atoms with Gasteiger partial charge in [0.15, 0.2) is 6.61 Å². The van der Waals surface area contributed by atoms with Crippen molar-refractivity contribution in [2.24, 2.45) is 0 Å². The lowest BCUT2D eigenvalue weighted by atomic mass is 10.2. The molecule has 3 rings (SSSR count). The van der Waals surface area contributed by atoms with Crippen molar-refractivity contribution in [2.45, 2.75) is 6.18 Å². The van der Waals surface area contributed by atoms with Crippen molar-refractivity contribution in [2.75, 3.05) is 11.9 Å². The largest absolute Gasteiger partial charge is 0.416 e. The van der Waals surface area contributed by atoms with Gasteiger partial charge in [0.25, 0.3) is 5.91 Å². The Hall–Kier alpha value is -3.32. The summed E-state index contributed by atoms with van der Waals surface area (Å²) in [5, 5.41) is 18.7. The fraction of sp³-hybridized carbons (Fsp3) is 0.125. The summed E-state index contributed by atoms with van der Waals surface area (Å²) in [5.41, 5.74) is -0.156. The van der Waals surface area contributed by atoms with Crippen molar-refractivity contribution in [1.82, 2.24) is 15.2 Å². The quantitative estimate of drug-likeness (QED) is 0.733. The van der Waals surface area contributed by atoms with Crippen LogP contribution in [0.4, 0.5) is 18.9 Å². The third-order valence-electron chi connectivity index (χ3n) is 3.43. The first-order valence-corrected chi connectivity index (χ1v) is 7.71. The van der Waals surface area contributed by atoms with E-state index in [-0.39, 0.29) is 21.6 Å². The van der Waals surface area contributed by atoms with Gasteiger partial charge in [0.1, 0.15) is 17.1 Å². The molecule has 3 aromatic rings. The predicted molar refractivity (Wildman–Crippen MR) is 88.8 cm³/mol. The van der Waals surface area contributed by atoms with Gasteiger partial charge in [-0.2, -0.15) is 18.4 Å². The van der Waals surface area contributed by atoms with Gasteiger partial charge < -0.3 is 10.2 Å². The monoisotopic (exact) mass is 395 g/mol. The molecule has 138 valence electrons. The summed E-state index contributed by atoms with van der Waals surface area (Å²) in [6, 6.07) is 9.04. The highest BCUT2D eigenvalue weighted by Crippen LogP contribution is 2.30. The Balaban J connectivity index is 1.70. The number of benzene rings is 2. The van der Waals surface area contributed by atoms with Crippen LogP contribution in [-0.2, 0) is 11.0 Å². The Bertz CT molecular complexity index is 1060. The summed E-state index contributed by atoms with van der Waals surface area (Å²) < 4.78 is 38.4. The van der Waals surface area contributed by atoms with Gasteiger partial charge >= 0.3 is 6.18 Å². The maximum atomic E-state index is 12.8. The lowest BCUT2D eigenvalue weighted by Gasteiger charge is -2.09. The van der Waals surface area contributed by atoms with Gasteiger partial charge in [-0.25, -0.2) is 0 Å². The van der Waals surface area contributed by atoms with Crippen LogP contribution >= 0.6 is 11.6 Å². The number of rotatable bonds is 4. The van der Waals surface area contributed by atoms with Crippen LogP contribution in [-0.4, -0.2) is 27.7 Å². The SMILES string of the molecule is N#Cc1ccc(NC(=O)COn2nnc3ccc(C(F)(F)F)cc32)cc1Cl. The molecular formula is C16H9ClF3N5O2. The van der Waals surface area contributed by atoms with Crippen LogP contribution < -0.4 is 10.2 Å². The molecular weight excluding hydrogens is 387 g/mol. The van der Waals surface area contributed by atoms with Crippen molar-refractivity contribution in [1.29, 1.82) is 5.26 Å². The molecule has 1 N–H and O–H groups in total. The molecule has 0 aliphatic rings. The molecule has 1 heterocycles. The molecule has 0 saturated carbocycles. The highest BCUT2D eigenvalue weighted by molar-refractivity contribution is 6.32. The second-order valence-electron chi connectivity index (χ2n) is 5.29. The minimum Gasteiger partial charge on any atom is -0.385 e. The first-order chi connectivity index (χ1) is 12.8. The van der Waals surface area contributed by atoms with Gasteiger partial charge in [0.05, 0.1) is 16.1 Å². The number of hydrogen-bond acceptors (Lipinski definition) is 5. The zero-order chi connectivity index (χ0) is 19.6. The molecule has 0 unspecified atom stereocenters. The molecule has 27 heavy (non-hydrogen) atoms. The minimum atomic E-state index is -4.53. The van der Waals surface area contributed by atoms with Gasteiger partial charge in [-0.1, -0.05) is 16.4 Å². The number of nitriles is 1. The van der Waals surface area contributed by atoms with E-state index in [1.807, 2.05) is 6.07 Å². The normalized spacial score (nSPS) is 11.2. The van der Waals surface area contributed by atoms with Crippen molar-refractivity contribution in [3.8, 4) is 6.07 Å². The number of aromatic nitrogens is 3. The number of halogens is 4. The molecule has 0 atom stereocenters.